The van der Waals surface area contributed by atoms with Crippen molar-refractivity contribution in [2.75, 3.05) is 6.61 Å². The van der Waals surface area contributed by atoms with Gasteiger partial charge in [0.15, 0.2) is 0 Å². The van der Waals surface area contributed by atoms with E-state index in [0.717, 1.165) is 24.9 Å². The van der Waals surface area contributed by atoms with Crippen LogP contribution in [0.5, 0.6) is 0 Å². The third-order valence-electron chi connectivity index (χ3n) is 7.28. The highest BCUT2D eigenvalue weighted by Crippen LogP contribution is 2.56. The van der Waals surface area contributed by atoms with Gasteiger partial charge in [-0.25, -0.2) is 0 Å². The Morgan fingerprint density at radius 2 is 1.71 bits per heavy atom. The van der Waals surface area contributed by atoms with Crippen molar-refractivity contribution in [3.63, 3.8) is 0 Å². The molecule has 3 N–H and O–H groups in total. The second-order valence-corrected chi connectivity index (χ2v) is 8.36. The summed E-state index contributed by atoms with van der Waals surface area (Å²) in [6.45, 7) is 0.813. The first kappa shape index (κ1) is 12.9. The highest BCUT2D eigenvalue weighted by Gasteiger charge is 2.55. The van der Waals surface area contributed by atoms with Crippen LogP contribution < -0.4 is 11.1 Å². The quantitative estimate of drug-likeness (QED) is 0.805. The van der Waals surface area contributed by atoms with Crippen LogP contribution in [0.1, 0.15) is 38.5 Å². The number of ether oxygens (including phenoxy) is 1. The van der Waals surface area contributed by atoms with E-state index in [4.69, 9.17) is 10.5 Å². The van der Waals surface area contributed by atoms with Gasteiger partial charge in [-0.3, -0.25) is 4.79 Å². The Hall–Kier alpha value is -0.610. The summed E-state index contributed by atoms with van der Waals surface area (Å²) in [5.74, 6) is 4.18. The van der Waals surface area contributed by atoms with E-state index in [1.807, 2.05) is 0 Å². The molecule has 116 valence electrons. The van der Waals surface area contributed by atoms with Crippen molar-refractivity contribution in [1.29, 1.82) is 0 Å². The molecule has 1 saturated heterocycles. The van der Waals surface area contributed by atoms with Gasteiger partial charge in [-0.05, 0) is 62.2 Å². The Kier molecular flexibility index (Phi) is 2.73. The maximum absolute atomic E-state index is 12.8. The molecule has 0 aromatic carbocycles. The zero-order chi connectivity index (χ0) is 14.1. The minimum Gasteiger partial charge on any atom is -0.376 e. The summed E-state index contributed by atoms with van der Waals surface area (Å²) >= 11 is 0. The molecular weight excluding hydrogens is 264 g/mol. The lowest BCUT2D eigenvalue weighted by atomic mass is 9.51. The van der Waals surface area contributed by atoms with Crippen molar-refractivity contribution in [3.05, 3.63) is 0 Å². The van der Waals surface area contributed by atoms with Gasteiger partial charge in [0.05, 0.1) is 12.1 Å². The number of rotatable bonds is 2. The van der Waals surface area contributed by atoms with Gasteiger partial charge in [-0.2, -0.15) is 0 Å². The summed E-state index contributed by atoms with van der Waals surface area (Å²) in [4.78, 5) is 12.8. The fourth-order valence-electron chi connectivity index (χ4n) is 6.54. The summed E-state index contributed by atoms with van der Waals surface area (Å²) < 4.78 is 5.75. The highest BCUT2D eigenvalue weighted by molar-refractivity contribution is 5.80. The van der Waals surface area contributed by atoms with Crippen LogP contribution in [0.15, 0.2) is 0 Å². The van der Waals surface area contributed by atoms with Crippen LogP contribution >= 0.6 is 0 Å². The molecule has 4 atom stereocenters. The standard InChI is InChI=1S/C17H26N2O2/c18-14-12-1-2-21-16(12)15(14)19-17(20)13-10-4-8-3-9(6-10)7-11(13)5-8/h8-16H,1-7,18H2,(H,19,20). The van der Waals surface area contributed by atoms with E-state index >= 15 is 0 Å². The summed E-state index contributed by atoms with van der Waals surface area (Å²) in [5.41, 5.74) is 6.24. The molecule has 0 aromatic heterocycles. The van der Waals surface area contributed by atoms with E-state index in [-0.39, 0.29) is 24.1 Å². The van der Waals surface area contributed by atoms with Crippen molar-refractivity contribution in [1.82, 2.24) is 5.32 Å². The molecule has 6 aliphatic rings. The van der Waals surface area contributed by atoms with E-state index in [2.05, 4.69) is 5.32 Å². The monoisotopic (exact) mass is 290 g/mol. The number of nitrogens with one attached hydrogen (secondary N) is 1. The molecule has 5 saturated carbocycles. The van der Waals surface area contributed by atoms with Gasteiger partial charge < -0.3 is 15.8 Å². The number of carbonyl (C=O) groups is 1. The molecule has 0 radical (unpaired) electrons. The number of carbonyl (C=O) groups excluding carboxylic acids is 1. The first-order chi connectivity index (χ1) is 10.2. The van der Waals surface area contributed by atoms with Crippen LogP contribution in [0.3, 0.4) is 0 Å². The van der Waals surface area contributed by atoms with Gasteiger partial charge in [0.25, 0.3) is 0 Å². The Morgan fingerprint density at radius 1 is 1.05 bits per heavy atom. The molecule has 5 aliphatic carbocycles. The van der Waals surface area contributed by atoms with Gasteiger partial charge in [0, 0.05) is 24.5 Å². The number of hydrogen-bond acceptors (Lipinski definition) is 3. The Morgan fingerprint density at radius 3 is 2.38 bits per heavy atom. The molecule has 4 bridgehead atoms. The van der Waals surface area contributed by atoms with Gasteiger partial charge in [-0.1, -0.05) is 0 Å². The fraction of sp³-hybridized carbons (Fsp3) is 0.941. The lowest BCUT2D eigenvalue weighted by molar-refractivity contribution is -0.142. The molecule has 1 amide bonds. The minimum absolute atomic E-state index is 0.0715. The summed E-state index contributed by atoms with van der Waals surface area (Å²) in [5, 5.41) is 3.28. The second kappa shape index (κ2) is 4.45. The van der Waals surface area contributed by atoms with Crippen molar-refractivity contribution in [2.45, 2.75) is 56.7 Å². The largest absolute Gasteiger partial charge is 0.376 e. The molecule has 4 nitrogen and oxygen atoms in total. The summed E-state index contributed by atoms with van der Waals surface area (Å²) in [6, 6.07) is 0.181. The third kappa shape index (κ3) is 1.78. The van der Waals surface area contributed by atoms with E-state index < -0.39 is 0 Å². The van der Waals surface area contributed by atoms with Crippen LogP contribution in [0, 0.1) is 35.5 Å². The average molecular weight is 290 g/mol. The molecule has 4 unspecified atom stereocenters. The van der Waals surface area contributed by atoms with E-state index in [9.17, 15) is 4.79 Å². The molecule has 6 fully saturated rings. The van der Waals surface area contributed by atoms with E-state index in [1.54, 1.807) is 0 Å². The lowest BCUT2D eigenvalue weighted by Gasteiger charge is -2.54. The number of nitrogens with two attached hydrogens (primary N) is 1. The molecule has 1 aliphatic heterocycles. The van der Waals surface area contributed by atoms with Gasteiger partial charge in [0.2, 0.25) is 5.91 Å². The fourth-order valence-corrected chi connectivity index (χ4v) is 6.54. The predicted octanol–water partition coefficient (Wildman–Crippen LogP) is 1.29. The topological polar surface area (TPSA) is 64.3 Å². The van der Waals surface area contributed by atoms with Crippen molar-refractivity contribution in [2.24, 2.45) is 41.2 Å². The first-order valence-electron chi connectivity index (χ1n) is 8.88. The van der Waals surface area contributed by atoms with Crippen molar-refractivity contribution < 1.29 is 9.53 Å². The minimum atomic E-state index is 0.0715. The predicted molar refractivity (Wildman–Crippen MR) is 78.3 cm³/mol. The SMILES string of the molecule is NC1C2CCOC2C1NC(=O)C1C2CC3CC(C2)CC1C3. The van der Waals surface area contributed by atoms with E-state index in [1.165, 1.54) is 32.1 Å². The first-order valence-corrected chi connectivity index (χ1v) is 8.88. The highest BCUT2D eigenvalue weighted by atomic mass is 16.5. The van der Waals surface area contributed by atoms with Crippen LogP contribution in [0.25, 0.3) is 0 Å². The van der Waals surface area contributed by atoms with E-state index in [0.29, 0.717) is 23.7 Å². The molecule has 6 rings (SSSR count). The molecular formula is C17H26N2O2. The maximum atomic E-state index is 12.8. The summed E-state index contributed by atoms with van der Waals surface area (Å²) in [7, 11) is 0. The lowest BCUT2D eigenvalue weighted by Crippen LogP contribution is -2.70. The Labute approximate surface area is 126 Å². The molecule has 21 heavy (non-hydrogen) atoms. The zero-order valence-corrected chi connectivity index (χ0v) is 12.5. The van der Waals surface area contributed by atoms with Gasteiger partial charge >= 0.3 is 0 Å². The third-order valence-corrected chi connectivity index (χ3v) is 7.28. The molecule has 1 heterocycles. The Bertz CT molecular complexity index is 438. The van der Waals surface area contributed by atoms with Crippen molar-refractivity contribution in [3.8, 4) is 0 Å². The number of amides is 1. The average Bonchev–Trinajstić information content (AvgIpc) is 2.88. The smallest absolute Gasteiger partial charge is 0.224 e. The maximum Gasteiger partial charge on any atom is 0.224 e. The molecule has 4 heteroatoms. The summed E-state index contributed by atoms with van der Waals surface area (Å²) in [6.07, 6.45) is 7.88. The number of hydrogen-bond donors (Lipinski definition) is 2. The Balaban J connectivity index is 1.29. The zero-order valence-electron chi connectivity index (χ0n) is 12.5. The van der Waals surface area contributed by atoms with Crippen molar-refractivity contribution >= 4 is 5.91 Å². The van der Waals surface area contributed by atoms with Crippen LogP contribution in [0.2, 0.25) is 0 Å². The van der Waals surface area contributed by atoms with Crippen LogP contribution in [-0.2, 0) is 9.53 Å². The van der Waals surface area contributed by atoms with Crippen LogP contribution in [0.4, 0.5) is 0 Å². The molecule has 0 aromatic rings. The normalized spacial score (nSPS) is 56.9. The number of fused-ring (bicyclic) bond motifs is 1. The molecule has 0 spiro atoms. The van der Waals surface area contributed by atoms with Gasteiger partial charge in [0.1, 0.15) is 0 Å². The van der Waals surface area contributed by atoms with Gasteiger partial charge in [-0.15, -0.1) is 0 Å². The van der Waals surface area contributed by atoms with Crippen LogP contribution in [-0.4, -0.2) is 30.7 Å². The second-order valence-electron chi connectivity index (χ2n) is 8.36.